The molecule has 0 atom stereocenters. The Balaban J connectivity index is 2.75. The van der Waals surface area contributed by atoms with E-state index in [2.05, 4.69) is 0 Å². The summed E-state index contributed by atoms with van der Waals surface area (Å²) in [5.41, 5.74) is 0. The number of hydrogen-bond acceptors (Lipinski definition) is 1. The first kappa shape index (κ1) is 11.3. The molecule has 72 valence electrons. The summed E-state index contributed by atoms with van der Waals surface area (Å²) >= 11 is 22.6. The third kappa shape index (κ3) is 3.43. The van der Waals surface area contributed by atoms with Crippen molar-refractivity contribution in [3.63, 3.8) is 0 Å². The highest BCUT2D eigenvalue weighted by Gasteiger charge is 2.08. The van der Waals surface area contributed by atoms with Crippen LogP contribution in [-0.2, 0) is 0 Å². The van der Waals surface area contributed by atoms with Gasteiger partial charge < -0.3 is 4.74 Å². The molecule has 0 heterocycles. The van der Waals surface area contributed by atoms with Crippen LogP contribution in [0, 0.1) is 0 Å². The van der Waals surface area contributed by atoms with E-state index in [0.29, 0.717) is 15.8 Å². The van der Waals surface area contributed by atoms with Crippen LogP contribution >= 0.6 is 46.4 Å². The van der Waals surface area contributed by atoms with Gasteiger partial charge in [-0.15, -0.1) is 23.2 Å². The molecular weight excluding hydrogens is 254 g/mol. The second-order valence-electron chi connectivity index (χ2n) is 2.25. The largest absolute Gasteiger partial charge is 0.488 e. The lowest BCUT2D eigenvalue weighted by molar-refractivity contribution is 0.335. The van der Waals surface area contributed by atoms with E-state index in [1.54, 1.807) is 18.2 Å². The minimum Gasteiger partial charge on any atom is -0.488 e. The van der Waals surface area contributed by atoms with Crippen molar-refractivity contribution in [1.29, 1.82) is 0 Å². The van der Waals surface area contributed by atoms with E-state index < -0.39 is 4.84 Å². The average molecular weight is 260 g/mol. The number of para-hydroxylation sites is 1. The van der Waals surface area contributed by atoms with E-state index in [4.69, 9.17) is 51.1 Å². The van der Waals surface area contributed by atoms with Gasteiger partial charge in [0.2, 0.25) is 0 Å². The maximum atomic E-state index is 5.82. The average Bonchev–Trinajstić information content (AvgIpc) is 2.03. The zero-order chi connectivity index (χ0) is 9.84. The quantitative estimate of drug-likeness (QED) is 0.741. The molecule has 0 fully saturated rings. The summed E-state index contributed by atoms with van der Waals surface area (Å²) in [6.45, 7) is 0.159. The van der Waals surface area contributed by atoms with Crippen LogP contribution in [0.5, 0.6) is 5.75 Å². The fraction of sp³-hybridized carbons (Fsp3) is 0.250. The Labute approximate surface area is 96.5 Å². The van der Waals surface area contributed by atoms with Crippen LogP contribution in [0.4, 0.5) is 0 Å². The molecule has 0 saturated carbocycles. The highest BCUT2D eigenvalue weighted by molar-refractivity contribution is 6.44. The lowest BCUT2D eigenvalue weighted by Crippen LogP contribution is -2.05. The molecule has 0 bridgehead atoms. The first-order chi connectivity index (χ1) is 6.11. The second-order valence-corrected chi connectivity index (χ2v) is 4.34. The molecule has 0 aliphatic rings. The van der Waals surface area contributed by atoms with E-state index in [0.717, 1.165) is 0 Å². The molecule has 13 heavy (non-hydrogen) atoms. The van der Waals surface area contributed by atoms with Gasteiger partial charge >= 0.3 is 0 Å². The molecule has 0 aliphatic carbocycles. The number of rotatable bonds is 3. The van der Waals surface area contributed by atoms with Crippen molar-refractivity contribution < 1.29 is 4.74 Å². The highest BCUT2D eigenvalue weighted by atomic mass is 35.5. The Hall–Kier alpha value is 0.180. The Morgan fingerprint density at radius 3 is 2.15 bits per heavy atom. The van der Waals surface area contributed by atoms with Crippen molar-refractivity contribution >= 4 is 46.4 Å². The molecule has 1 aromatic rings. The number of halogens is 4. The van der Waals surface area contributed by atoms with Crippen molar-refractivity contribution in [2.75, 3.05) is 6.61 Å². The molecule has 0 spiro atoms. The van der Waals surface area contributed by atoms with Gasteiger partial charge in [0.05, 0.1) is 10.0 Å². The molecule has 0 aliphatic heterocycles. The zero-order valence-electron chi connectivity index (χ0n) is 6.44. The molecule has 0 amide bonds. The summed E-state index contributed by atoms with van der Waals surface area (Å²) in [6, 6.07) is 5.09. The second kappa shape index (κ2) is 5.16. The molecule has 0 unspecified atom stereocenters. The standard InChI is InChI=1S/C8H6Cl4O/c9-5-2-1-3-6(10)8(5)13-4-7(11)12/h1-3,7H,4H2. The Morgan fingerprint density at radius 2 is 1.69 bits per heavy atom. The van der Waals surface area contributed by atoms with Crippen molar-refractivity contribution in [2.24, 2.45) is 0 Å². The van der Waals surface area contributed by atoms with Gasteiger partial charge in [0.15, 0.2) is 5.75 Å². The lowest BCUT2D eigenvalue weighted by Gasteiger charge is -2.09. The fourth-order valence-corrected chi connectivity index (χ4v) is 1.40. The third-order valence-electron chi connectivity index (χ3n) is 1.27. The van der Waals surface area contributed by atoms with Crippen molar-refractivity contribution in [3.05, 3.63) is 28.2 Å². The molecule has 5 heteroatoms. The normalized spacial score (nSPS) is 10.5. The molecular formula is C8H6Cl4O. The van der Waals surface area contributed by atoms with Crippen molar-refractivity contribution in [2.45, 2.75) is 4.84 Å². The number of alkyl halides is 2. The van der Waals surface area contributed by atoms with Crippen molar-refractivity contribution in [3.8, 4) is 5.75 Å². The molecule has 1 rings (SSSR count). The van der Waals surface area contributed by atoms with E-state index in [-0.39, 0.29) is 6.61 Å². The van der Waals surface area contributed by atoms with Crippen molar-refractivity contribution in [1.82, 2.24) is 0 Å². The third-order valence-corrected chi connectivity index (χ3v) is 2.12. The van der Waals surface area contributed by atoms with Crippen LogP contribution in [0.2, 0.25) is 10.0 Å². The minimum absolute atomic E-state index is 0.159. The Kier molecular flexibility index (Phi) is 4.47. The Bertz CT molecular complexity index is 267. The van der Waals surface area contributed by atoms with E-state index >= 15 is 0 Å². The van der Waals surface area contributed by atoms with E-state index in [1.165, 1.54) is 0 Å². The van der Waals surface area contributed by atoms with Gasteiger partial charge in [-0.2, -0.15) is 0 Å². The SMILES string of the molecule is Clc1cccc(Cl)c1OCC(Cl)Cl. The molecule has 0 aromatic heterocycles. The van der Waals surface area contributed by atoms with Gasteiger partial charge in [0.1, 0.15) is 11.4 Å². The maximum Gasteiger partial charge on any atom is 0.156 e. The predicted octanol–water partition coefficient (Wildman–Crippen LogP) is 4.18. The minimum atomic E-state index is -0.590. The Morgan fingerprint density at radius 1 is 1.15 bits per heavy atom. The van der Waals surface area contributed by atoms with Crippen LogP contribution in [0.25, 0.3) is 0 Å². The molecule has 1 nitrogen and oxygen atoms in total. The smallest absolute Gasteiger partial charge is 0.156 e. The van der Waals surface area contributed by atoms with Crippen LogP contribution < -0.4 is 4.74 Å². The van der Waals surface area contributed by atoms with Crippen LogP contribution in [0.3, 0.4) is 0 Å². The predicted molar refractivity (Wildman–Crippen MR) is 57.5 cm³/mol. The molecule has 1 aromatic carbocycles. The summed E-state index contributed by atoms with van der Waals surface area (Å²) in [6.07, 6.45) is 0. The topological polar surface area (TPSA) is 9.23 Å². The lowest BCUT2D eigenvalue weighted by atomic mass is 10.3. The van der Waals surface area contributed by atoms with Gasteiger partial charge in [0.25, 0.3) is 0 Å². The highest BCUT2D eigenvalue weighted by Crippen LogP contribution is 2.32. The monoisotopic (exact) mass is 258 g/mol. The number of benzene rings is 1. The zero-order valence-corrected chi connectivity index (χ0v) is 9.46. The number of hydrogen-bond donors (Lipinski definition) is 0. The summed E-state index contributed by atoms with van der Waals surface area (Å²) < 4.78 is 5.20. The van der Waals surface area contributed by atoms with Gasteiger partial charge in [-0.05, 0) is 12.1 Å². The van der Waals surface area contributed by atoms with Gasteiger partial charge in [-0.25, -0.2) is 0 Å². The van der Waals surface area contributed by atoms with Gasteiger partial charge in [-0.1, -0.05) is 29.3 Å². The van der Waals surface area contributed by atoms with Gasteiger partial charge in [0, 0.05) is 0 Å². The summed E-state index contributed by atoms with van der Waals surface area (Å²) in [5, 5.41) is 0.892. The summed E-state index contributed by atoms with van der Waals surface area (Å²) in [5.74, 6) is 0.414. The van der Waals surface area contributed by atoms with Crippen LogP contribution in [0.15, 0.2) is 18.2 Å². The van der Waals surface area contributed by atoms with E-state index in [1.807, 2.05) is 0 Å². The first-order valence-electron chi connectivity index (χ1n) is 3.46. The maximum absolute atomic E-state index is 5.82. The number of ether oxygens (including phenoxy) is 1. The molecule has 0 saturated heterocycles. The van der Waals surface area contributed by atoms with E-state index in [9.17, 15) is 0 Å². The molecule has 0 radical (unpaired) electrons. The van der Waals surface area contributed by atoms with Crippen LogP contribution in [0.1, 0.15) is 0 Å². The summed E-state index contributed by atoms with van der Waals surface area (Å²) in [4.78, 5) is -0.590. The van der Waals surface area contributed by atoms with Gasteiger partial charge in [-0.3, -0.25) is 0 Å². The fourth-order valence-electron chi connectivity index (χ4n) is 0.767. The summed E-state index contributed by atoms with van der Waals surface area (Å²) in [7, 11) is 0. The van der Waals surface area contributed by atoms with Crippen LogP contribution in [-0.4, -0.2) is 11.4 Å². The molecule has 0 N–H and O–H groups in total. The first-order valence-corrected chi connectivity index (χ1v) is 5.09.